The molecule has 4 heteroatoms. The summed E-state index contributed by atoms with van der Waals surface area (Å²) in [7, 11) is 0. The van der Waals surface area contributed by atoms with Gasteiger partial charge in [-0.15, -0.1) is 0 Å². The molecule has 0 amide bonds. The molecule has 100 valence electrons. The number of fused-ring (bicyclic) bond motifs is 1. The maximum absolute atomic E-state index is 12.2. The summed E-state index contributed by atoms with van der Waals surface area (Å²) in [5.74, 6) is -1.06. The molecule has 0 unspecified atom stereocenters. The minimum atomic E-state index is -0.946. The quantitative estimate of drug-likeness (QED) is 0.829. The summed E-state index contributed by atoms with van der Waals surface area (Å²) in [5, 5.41) is 9.55. The van der Waals surface area contributed by atoms with Gasteiger partial charge in [-0.3, -0.25) is 9.59 Å². The van der Waals surface area contributed by atoms with Crippen LogP contribution in [0.25, 0.3) is 10.9 Å². The Balaban J connectivity index is 2.49. The Labute approximate surface area is 111 Å². The van der Waals surface area contributed by atoms with Crippen molar-refractivity contribution in [2.75, 3.05) is 0 Å². The molecule has 0 saturated carbocycles. The maximum atomic E-state index is 12.2. The number of Topliss-reactive ketones (excluding diaryl/α,β-unsaturated/α-hetero) is 1. The van der Waals surface area contributed by atoms with E-state index in [9.17, 15) is 9.59 Å². The molecular weight excluding hydrogens is 242 g/mol. The molecule has 1 aromatic carbocycles. The van der Waals surface area contributed by atoms with E-state index in [1.807, 2.05) is 32.9 Å². The highest BCUT2D eigenvalue weighted by Crippen LogP contribution is 2.27. The average Bonchev–Trinajstić information content (AvgIpc) is 2.68. The lowest BCUT2D eigenvalue weighted by molar-refractivity contribution is -0.136. The van der Waals surface area contributed by atoms with Gasteiger partial charge < -0.3 is 10.1 Å². The van der Waals surface area contributed by atoms with E-state index < -0.39 is 5.97 Å². The van der Waals surface area contributed by atoms with Crippen molar-refractivity contribution in [2.24, 2.45) is 0 Å². The standard InChI is InChI=1S/C15H17NO3/c1-8-4-5-11-14(12(17)6-7-13(18)19)10(3)16-15(11)9(8)2/h4-5,16H,6-7H2,1-3H3,(H,18,19). The number of aromatic nitrogens is 1. The van der Waals surface area contributed by atoms with Gasteiger partial charge in [-0.1, -0.05) is 12.1 Å². The summed E-state index contributed by atoms with van der Waals surface area (Å²) in [4.78, 5) is 26.0. The number of carbonyl (C=O) groups excluding carboxylic acids is 1. The smallest absolute Gasteiger partial charge is 0.303 e. The van der Waals surface area contributed by atoms with Crippen LogP contribution in [0.15, 0.2) is 12.1 Å². The van der Waals surface area contributed by atoms with Crippen molar-refractivity contribution in [3.63, 3.8) is 0 Å². The van der Waals surface area contributed by atoms with Gasteiger partial charge in [0, 0.05) is 28.6 Å². The van der Waals surface area contributed by atoms with Gasteiger partial charge in [0.05, 0.1) is 6.42 Å². The number of nitrogens with one attached hydrogen (secondary N) is 1. The highest BCUT2D eigenvalue weighted by molar-refractivity contribution is 6.10. The van der Waals surface area contributed by atoms with Gasteiger partial charge in [0.25, 0.3) is 0 Å². The summed E-state index contributed by atoms with van der Waals surface area (Å²) >= 11 is 0. The first kappa shape index (κ1) is 13.3. The van der Waals surface area contributed by atoms with E-state index in [4.69, 9.17) is 5.11 Å². The molecular formula is C15H17NO3. The van der Waals surface area contributed by atoms with Crippen molar-refractivity contribution < 1.29 is 14.7 Å². The highest BCUT2D eigenvalue weighted by Gasteiger charge is 2.18. The number of carbonyl (C=O) groups is 2. The molecule has 1 aromatic heterocycles. The van der Waals surface area contributed by atoms with E-state index in [0.717, 1.165) is 22.2 Å². The molecule has 0 bridgehead atoms. The van der Waals surface area contributed by atoms with Crippen molar-refractivity contribution in [1.29, 1.82) is 0 Å². The zero-order chi connectivity index (χ0) is 14.2. The topological polar surface area (TPSA) is 70.2 Å². The van der Waals surface area contributed by atoms with Crippen LogP contribution in [0.2, 0.25) is 0 Å². The zero-order valence-corrected chi connectivity index (χ0v) is 11.3. The number of carboxylic acids is 1. The highest BCUT2D eigenvalue weighted by atomic mass is 16.4. The molecule has 2 aromatic rings. The van der Waals surface area contributed by atoms with Crippen LogP contribution in [-0.2, 0) is 4.79 Å². The number of hydrogen-bond acceptors (Lipinski definition) is 2. The summed E-state index contributed by atoms with van der Waals surface area (Å²) < 4.78 is 0. The van der Waals surface area contributed by atoms with Crippen LogP contribution >= 0.6 is 0 Å². The average molecular weight is 259 g/mol. The van der Waals surface area contributed by atoms with E-state index in [1.54, 1.807) is 0 Å². The van der Waals surface area contributed by atoms with E-state index >= 15 is 0 Å². The number of benzene rings is 1. The van der Waals surface area contributed by atoms with Gasteiger partial charge in [0.2, 0.25) is 0 Å². The van der Waals surface area contributed by atoms with Crippen molar-refractivity contribution in [3.05, 3.63) is 34.5 Å². The Bertz CT molecular complexity index is 668. The minimum Gasteiger partial charge on any atom is -0.481 e. The van der Waals surface area contributed by atoms with E-state index in [1.165, 1.54) is 5.56 Å². The van der Waals surface area contributed by atoms with Crippen molar-refractivity contribution in [3.8, 4) is 0 Å². The number of H-pyrrole nitrogens is 1. The lowest BCUT2D eigenvalue weighted by Crippen LogP contribution is -2.04. The number of hydrogen-bond donors (Lipinski definition) is 2. The summed E-state index contributed by atoms with van der Waals surface area (Å²) in [6.45, 7) is 5.89. The fraction of sp³-hybridized carbons (Fsp3) is 0.333. The van der Waals surface area contributed by atoms with Crippen LogP contribution < -0.4 is 0 Å². The zero-order valence-electron chi connectivity index (χ0n) is 11.3. The maximum Gasteiger partial charge on any atom is 0.303 e. The summed E-state index contributed by atoms with van der Waals surface area (Å²) in [5.41, 5.74) is 4.69. The van der Waals surface area contributed by atoms with E-state index in [2.05, 4.69) is 4.98 Å². The molecule has 0 saturated heterocycles. The molecule has 0 fully saturated rings. The van der Waals surface area contributed by atoms with E-state index in [-0.39, 0.29) is 18.6 Å². The number of ketones is 1. The number of rotatable bonds is 4. The van der Waals surface area contributed by atoms with Crippen LogP contribution in [-0.4, -0.2) is 21.8 Å². The molecule has 0 radical (unpaired) electrons. The van der Waals surface area contributed by atoms with Gasteiger partial charge >= 0.3 is 5.97 Å². The van der Waals surface area contributed by atoms with Gasteiger partial charge in [-0.05, 0) is 31.9 Å². The van der Waals surface area contributed by atoms with Crippen LogP contribution in [0.3, 0.4) is 0 Å². The molecule has 2 rings (SSSR count). The van der Waals surface area contributed by atoms with Crippen molar-refractivity contribution in [1.82, 2.24) is 4.98 Å². The Kier molecular flexibility index (Phi) is 3.42. The van der Waals surface area contributed by atoms with Crippen LogP contribution in [0.5, 0.6) is 0 Å². The second-order valence-electron chi connectivity index (χ2n) is 4.87. The largest absolute Gasteiger partial charge is 0.481 e. The van der Waals surface area contributed by atoms with E-state index in [0.29, 0.717) is 5.56 Å². The first-order valence-electron chi connectivity index (χ1n) is 6.25. The van der Waals surface area contributed by atoms with Crippen molar-refractivity contribution in [2.45, 2.75) is 33.6 Å². The molecule has 0 aliphatic heterocycles. The summed E-state index contributed by atoms with van der Waals surface area (Å²) in [6.07, 6.45) is -0.0914. The van der Waals surface area contributed by atoms with Gasteiger partial charge in [0.1, 0.15) is 0 Å². The van der Waals surface area contributed by atoms with Crippen LogP contribution in [0.4, 0.5) is 0 Å². The lowest BCUT2D eigenvalue weighted by atomic mass is 10.00. The molecule has 4 nitrogen and oxygen atoms in total. The minimum absolute atomic E-state index is 0.0377. The predicted octanol–water partition coefficient (Wildman–Crippen LogP) is 3.14. The fourth-order valence-corrected chi connectivity index (χ4v) is 2.34. The SMILES string of the molecule is Cc1ccc2c(C(=O)CCC(=O)O)c(C)[nH]c2c1C. The third-order valence-corrected chi connectivity index (χ3v) is 3.54. The van der Waals surface area contributed by atoms with Crippen molar-refractivity contribution >= 4 is 22.7 Å². The first-order chi connectivity index (χ1) is 8.91. The normalized spacial score (nSPS) is 10.9. The lowest BCUT2D eigenvalue weighted by Gasteiger charge is -2.02. The molecule has 1 heterocycles. The third kappa shape index (κ3) is 2.38. The number of aliphatic carboxylic acids is 1. The third-order valence-electron chi connectivity index (χ3n) is 3.54. The second-order valence-corrected chi connectivity index (χ2v) is 4.87. The molecule has 0 spiro atoms. The monoisotopic (exact) mass is 259 g/mol. The molecule has 19 heavy (non-hydrogen) atoms. The Morgan fingerprint density at radius 1 is 1.16 bits per heavy atom. The fourth-order valence-electron chi connectivity index (χ4n) is 2.34. The molecule has 2 N–H and O–H groups in total. The number of aromatic amines is 1. The predicted molar refractivity (Wildman–Crippen MR) is 73.7 cm³/mol. The second kappa shape index (κ2) is 4.88. The number of aryl methyl sites for hydroxylation is 3. The Morgan fingerprint density at radius 2 is 1.84 bits per heavy atom. The molecule has 0 atom stereocenters. The molecule has 0 aliphatic rings. The Morgan fingerprint density at radius 3 is 2.47 bits per heavy atom. The number of carboxylic acid groups (broad SMARTS) is 1. The molecule has 0 aliphatic carbocycles. The first-order valence-corrected chi connectivity index (χ1v) is 6.25. The van der Waals surface area contributed by atoms with Gasteiger partial charge in [-0.25, -0.2) is 0 Å². The van der Waals surface area contributed by atoms with Crippen LogP contribution in [0, 0.1) is 20.8 Å². The summed E-state index contributed by atoms with van der Waals surface area (Å²) in [6, 6.07) is 3.91. The van der Waals surface area contributed by atoms with Gasteiger partial charge in [0.15, 0.2) is 5.78 Å². The Hall–Kier alpha value is -2.10. The van der Waals surface area contributed by atoms with Crippen LogP contribution in [0.1, 0.15) is 40.0 Å². The van der Waals surface area contributed by atoms with Gasteiger partial charge in [-0.2, -0.15) is 0 Å².